The average Bonchev–Trinajstić information content (AvgIpc) is 2.40. The first-order valence-electron chi connectivity index (χ1n) is 5.96. The maximum absolute atomic E-state index is 13.0. The quantitative estimate of drug-likeness (QED) is 0.877. The lowest BCUT2D eigenvalue weighted by atomic mass is 10.1. The Balaban J connectivity index is 2.28. The van der Waals surface area contributed by atoms with Gasteiger partial charge in [-0.3, -0.25) is 0 Å². The Morgan fingerprint density at radius 1 is 1.30 bits per heavy atom. The SMILES string of the molecule is CC(Nc1ccc(Br)cc1C#N)c1ccc(F)cc1O. The van der Waals surface area contributed by atoms with Crippen molar-refractivity contribution < 1.29 is 9.50 Å². The van der Waals surface area contributed by atoms with Gasteiger partial charge in [0.05, 0.1) is 17.3 Å². The van der Waals surface area contributed by atoms with Crippen LogP contribution in [0.5, 0.6) is 5.75 Å². The second-order valence-electron chi connectivity index (χ2n) is 4.37. The second kappa shape index (κ2) is 5.93. The van der Waals surface area contributed by atoms with Crippen LogP contribution in [0.15, 0.2) is 40.9 Å². The highest BCUT2D eigenvalue weighted by Crippen LogP contribution is 2.29. The molecule has 20 heavy (non-hydrogen) atoms. The molecule has 0 saturated heterocycles. The van der Waals surface area contributed by atoms with Gasteiger partial charge < -0.3 is 10.4 Å². The molecule has 3 nitrogen and oxygen atoms in total. The normalized spacial score (nSPS) is 11.7. The summed E-state index contributed by atoms with van der Waals surface area (Å²) in [7, 11) is 0. The number of phenols is 1. The van der Waals surface area contributed by atoms with E-state index in [1.165, 1.54) is 12.1 Å². The maximum Gasteiger partial charge on any atom is 0.126 e. The molecule has 1 unspecified atom stereocenters. The molecular weight excluding hydrogens is 323 g/mol. The van der Waals surface area contributed by atoms with E-state index in [-0.39, 0.29) is 11.8 Å². The lowest BCUT2D eigenvalue weighted by Crippen LogP contribution is -2.08. The number of hydrogen-bond acceptors (Lipinski definition) is 3. The smallest absolute Gasteiger partial charge is 0.126 e. The van der Waals surface area contributed by atoms with Crippen molar-refractivity contribution >= 4 is 21.6 Å². The first-order chi connectivity index (χ1) is 9.51. The third-order valence-corrected chi connectivity index (χ3v) is 3.43. The number of aromatic hydroxyl groups is 1. The van der Waals surface area contributed by atoms with Gasteiger partial charge in [0.2, 0.25) is 0 Å². The van der Waals surface area contributed by atoms with Crippen LogP contribution in [0, 0.1) is 17.1 Å². The predicted octanol–water partition coefficient (Wildman–Crippen LogP) is 4.34. The minimum absolute atomic E-state index is 0.111. The van der Waals surface area contributed by atoms with Gasteiger partial charge >= 0.3 is 0 Å². The summed E-state index contributed by atoms with van der Waals surface area (Å²) in [6.07, 6.45) is 0. The monoisotopic (exact) mass is 334 g/mol. The molecule has 0 heterocycles. The van der Waals surface area contributed by atoms with E-state index in [1.807, 2.05) is 13.0 Å². The lowest BCUT2D eigenvalue weighted by molar-refractivity contribution is 0.459. The largest absolute Gasteiger partial charge is 0.507 e. The molecule has 0 aromatic heterocycles. The molecule has 2 aromatic carbocycles. The molecule has 0 aliphatic heterocycles. The Morgan fingerprint density at radius 2 is 2.05 bits per heavy atom. The first-order valence-corrected chi connectivity index (χ1v) is 6.75. The fourth-order valence-corrected chi connectivity index (χ4v) is 2.29. The number of halogens is 2. The van der Waals surface area contributed by atoms with Crippen molar-refractivity contribution in [2.45, 2.75) is 13.0 Å². The van der Waals surface area contributed by atoms with Gasteiger partial charge in [-0.2, -0.15) is 5.26 Å². The van der Waals surface area contributed by atoms with E-state index in [0.29, 0.717) is 16.8 Å². The summed E-state index contributed by atoms with van der Waals surface area (Å²) in [6.45, 7) is 1.83. The van der Waals surface area contributed by atoms with Crippen LogP contribution in [0.25, 0.3) is 0 Å². The summed E-state index contributed by atoms with van der Waals surface area (Å²) < 4.78 is 13.8. The van der Waals surface area contributed by atoms with E-state index in [1.54, 1.807) is 12.1 Å². The highest BCUT2D eigenvalue weighted by molar-refractivity contribution is 9.10. The first kappa shape index (κ1) is 14.4. The number of nitriles is 1. The zero-order chi connectivity index (χ0) is 14.7. The third kappa shape index (κ3) is 3.09. The Bertz CT molecular complexity index is 682. The number of benzene rings is 2. The van der Waals surface area contributed by atoms with Crippen LogP contribution in [-0.2, 0) is 0 Å². The lowest BCUT2D eigenvalue weighted by Gasteiger charge is -2.18. The molecule has 2 aromatic rings. The number of nitrogens with zero attached hydrogens (tertiary/aromatic N) is 1. The van der Waals surface area contributed by atoms with Crippen LogP contribution in [0.1, 0.15) is 24.1 Å². The summed E-state index contributed by atoms with van der Waals surface area (Å²) in [5.41, 5.74) is 1.72. The number of anilines is 1. The van der Waals surface area contributed by atoms with Crippen LogP contribution in [-0.4, -0.2) is 5.11 Å². The predicted molar refractivity (Wildman–Crippen MR) is 79.0 cm³/mol. The molecule has 0 aliphatic carbocycles. The fraction of sp³-hybridized carbons (Fsp3) is 0.133. The number of rotatable bonds is 3. The minimum Gasteiger partial charge on any atom is -0.507 e. The molecule has 1 atom stereocenters. The molecule has 0 aliphatic rings. The third-order valence-electron chi connectivity index (χ3n) is 2.93. The molecule has 0 radical (unpaired) electrons. The number of hydrogen-bond donors (Lipinski definition) is 2. The fourth-order valence-electron chi connectivity index (χ4n) is 1.93. The molecular formula is C15H12BrFN2O. The van der Waals surface area contributed by atoms with E-state index < -0.39 is 5.82 Å². The Morgan fingerprint density at radius 3 is 2.70 bits per heavy atom. The van der Waals surface area contributed by atoms with Crippen molar-refractivity contribution in [3.63, 3.8) is 0 Å². The van der Waals surface area contributed by atoms with Crippen LogP contribution in [0.2, 0.25) is 0 Å². The summed E-state index contributed by atoms with van der Waals surface area (Å²) in [6, 6.07) is 11.0. The van der Waals surface area contributed by atoms with Crippen LogP contribution >= 0.6 is 15.9 Å². The Kier molecular flexibility index (Phi) is 4.26. The molecule has 0 spiro atoms. The second-order valence-corrected chi connectivity index (χ2v) is 5.29. The van der Waals surface area contributed by atoms with Crippen LogP contribution < -0.4 is 5.32 Å². The van der Waals surface area contributed by atoms with Crippen LogP contribution in [0.3, 0.4) is 0 Å². The van der Waals surface area contributed by atoms with Gasteiger partial charge in [0.1, 0.15) is 17.6 Å². The van der Waals surface area contributed by atoms with E-state index in [2.05, 4.69) is 27.3 Å². The zero-order valence-electron chi connectivity index (χ0n) is 10.7. The van der Waals surface area contributed by atoms with Gasteiger partial charge in [0.25, 0.3) is 0 Å². The van der Waals surface area contributed by atoms with Crippen molar-refractivity contribution in [3.8, 4) is 11.8 Å². The van der Waals surface area contributed by atoms with Crippen molar-refractivity contribution in [3.05, 3.63) is 57.8 Å². The molecule has 102 valence electrons. The zero-order valence-corrected chi connectivity index (χ0v) is 12.3. The average molecular weight is 335 g/mol. The number of phenolic OH excluding ortho intramolecular Hbond substituents is 1. The summed E-state index contributed by atoms with van der Waals surface area (Å²) >= 11 is 3.31. The standard InChI is InChI=1S/C15H12BrFN2O/c1-9(13-4-3-12(17)7-15(13)20)19-14-5-2-11(16)6-10(14)8-18/h2-7,9,19-20H,1H3. The van der Waals surface area contributed by atoms with Crippen LogP contribution in [0.4, 0.5) is 10.1 Å². The topological polar surface area (TPSA) is 56.0 Å². The molecule has 5 heteroatoms. The highest BCUT2D eigenvalue weighted by atomic mass is 79.9. The number of nitrogens with one attached hydrogen (secondary N) is 1. The van der Waals surface area contributed by atoms with Gasteiger partial charge in [-0.1, -0.05) is 22.0 Å². The van der Waals surface area contributed by atoms with E-state index in [9.17, 15) is 9.50 Å². The summed E-state index contributed by atoms with van der Waals surface area (Å²) in [5.74, 6) is -0.597. The van der Waals surface area contributed by atoms with Gasteiger partial charge in [0.15, 0.2) is 0 Å². The Hall–Kier alpha value is -2.06. The molecule has 2 N–H and O–H groups in total. The van der Waals surface area contributed by atoms with E-state index in [4.69, 9.17) is 5.26 Å². The molecule has 0 amide bonds. The molecule has 0 bridgehead atoms. The van der Waals surface area contributed by atoms with Gasteiger partial charge in [-0.05, 0) is 31.2 Å². The Labute approximate surface area is 124 Å². The molecule has 2 rings (SSSR count). The molecule has 0 fully saturated rings. The molecule has 0 saturated carbocycles. The van der Waals surface area contributed by atoms with Gasteiger partial charge in [0, 0.05) is 16.1 Å². The van der Waals surface area contributed by atoms with Crippen molar-refractivity contribution in [1.82, 2.24) is 0 Å². The van der Waals surface area contributed by atoms with Gasteiger partial charge in [-0.15, -0.1) is 0 Å². The van der Waals surface area contributed by atoms with Crippen molar-refractivity contribution in [2.75, 3.05) is 5.32 Å². The van der Waals surface area contributed by atoms with Crippen molar-refractivity contribution in [2.24, 2.45) is 0 Å². The van der Waals surface area contributed by atoms with Crippen molar-refractivity contribution in [1.29, 1.82) is 5.26 Å². The minimum atomic E-state index is -0.486. The van der Waals surface area contributed by atoms with E-state index >= 15 is 0 Å². The van der Waals surface area contributed by atoms with Gasteiger partial charge in [-0.25, -0.2) is 4.39 Å². The van der Waals surface area contributed by atoms with E-state index in [0.717, 1.165) is 10.5 Å². The highest BCUT2D eigenvalue weighted by Gasteiger charge is 2.13. The summed E-state index contributed by atoms with van der Waals surface area (Å²) in [5, 5.41) is 22.0. The summed E-state index contributed by atoms with van der Waals surface area (Å²) in [4.78, 5) is 0. The maximum atomic E-state index is 13.0.